The summed E-state index contributed by atoms with van der Waals surface area (Å²) in [5.41, 5.74) is 4.84. The van der Waals surface area contributed by atoms with Crippen molar-refractivity contribution in [2.75, 3.05) is 13.2 Å². The largest absolute Gasteiger partial charge is 0.493 e. The van der Waals surface area contributed by atoms with Crippen LogP contribution in [0.3, 0.4) is 0 Å². The maximum absolute atomic E-state index is 14.1. The Balaban J connectivity index is 2.80. The van der Waals surface area contributed by atoms with Crippen molar-refractivity contribution in [3.05, 3.63) is 40.7 Å². The topological polar surface area (TPSA) is 29.5 Å². The van der Waals surface area contributed by atoms with Gasteiger partial charge < -0.3 is 9.84 Å². The van der Waals surface area contributed by atoms with E-state index in [9.17, 15) is 9.50 Å². The molecule has 0 radical (unpaired) electrons. The number of halogens is 1. The van der Waals surface area contributed by atoms with Crippen LogP contribution in [0.15, 0.2) is 24.0 Å². The second-order valence-electron chi connectivity index (χ2n) is 8.47. The summed E-state index contributed by atoms with van der Waals surface area (Å²) in [6.07, 6.45) is 3.28. The fourth-order valence-electron chi connectivity index (χ4n) is 3.48. The van der Waals surface area contributed by atoms with E-state index < -0.39 is 12.4 Å². The Bertz CT molecular complexity index is 718. The van der Waals surface area contributed by atoms with Crippen LogP contribution in [0.2, 0.25) is 0 Å². The van der Waals surface area contributed by atoms with E-state index in [4.69, 9.17) is 4.74 Å². The summed E-state index contributed by atoms with van der Waals surface area (Å²) in [5, 5.41) is 9.20. The van der Waals surface area contributed by atoms with Crippen LogP contribution in [-0.4, -0.2) is 18.3 Å². The van der Waals surface area contributed by atoms with Crippen molar-refractivity contribution >= 4 is 11.1 Å². The molecule has 0 bridgehead atoms. The Morgan fingerprint density at radius 1 is 1.28 bits per heavy atom. The van der Waals surface area contributed by atoms with Gasteiger partial charge in [0.05, 0.1) is 13.2 Å². The Labute approximate surface area is 151 Å². The van der Waals surface area contributed by atoms with Crippen LogP contribution in [-0.2, 0) is 5.41 Å². The van der Waals surface area contributed by atoms with Crippen molar-refractivity contribution in [1.29, 1.82) is 0 Å². The van der Waals surface area contributed by atoms with E-state index in [2.05, 4.69) is 46.8 Å². The summed E-state index contributed by atoms with van der Waals surface area (Å²) < 4.78 is 19.9. The standard InChI is InChI=1S/C22H31FO2/c1-8-25-20-12-18-16(11-15(20)14(2)19(23)13-24)17(21(3,4)5)9-10-22(18,6)7/h9,11-12,24H,8,10,13H2,1-7H3. The van der Waals surface area contributed by atoms with Gasteiger partial charge in [0.1, 0.15) is 11.6 Å². The third kappa shape index (κ3) is 3.82. The number of rotatable bonds is 4. The molecule has 0 saturated heterocycles. The van der Waals surface area contributed by atoms with E-state index in [0.29, 0.717) is 17.9 Å². The van der Waals surface area contributed by atoms with Gasteiger partial charge in [-0.3, -0.25) is 0 Å². The first kappa shape index (κ1) is 19.7. The number of aliphatic hydroxyl groups excluding tert-OH is 1. The zero-order chi connectivity index (χ0) is 19.0. The molecule has 0 aromatic heterocycles. The van der Waals surface area contributed by atoms with Gasteiger partial charge in [0.15, 0.2) is 0 Å². The first-order valence-corrected chi connectivity index (χ1v) is 9.01. The molecule has 25 heavy (non-hydrogen) atoms. The van der Waals surface area contributed by atoms with Gasteiger partial charge in [-0.2, -0.15) is 0 Å². The molecule has 1 aromatic carbocycles. The molecule has 1 aliphatic rings. The third-order valence-corrected chi connectivity index (χ3v) is 5.01. The van der Waals surface area contributed by atoms with E-state index in [1.807, 2.05) is 13.0 Å². The highest BCUT2D eigenvalue weighted by molar-refractivity contribution is 5.81. The molecule has 0 fully saturated rings. The Morgan fingerprint density at radius 2 is 1.92 bits per heavy atom. The van der Waals surface area contributed by atoms with Gasteiger partial charge in [-0.25, -0.2) is 4.39 Å². The molecule has 1 N–H and O–H groups in total. The highest BCUT2D eigenvalue weighted by atomic mass is 19.1. The lowest BCUT2D eigenvalue weighted by molar-refractivity contribution is 0.299. The molecular weight excluding hydrogens is 315 g/mol. The van der Waals surface area contributed by atoms with Crippen LogP contribution in [0.5, 0.6) is 5.75 Å². The molecule has 3 heteroatoms. The molecule has 0 aliphatic heterocycles. The predicted octanol–water partition coefficient (Wildman–Crippen LogP) is 5.89. The number of allylic oxidation sites excluding steroid dienone is 3. The van der Waals surface area contributed by atoms with Crippen molar-refractivity contribution in [3.63, 3.8) is 0 Å². The number of hydrogen-bond acceptors (Lipinski definition) is 2. The highest BCUT2D eigenvalue weighted by Gasteiger charge is 2.33. The summed E-state index contributed by atoms with van der Waals surface area (Å²) in [5.74, 6) is 0.169. The van der Waals surface area contributed by atoms with E-state index >= 15 is 0 Å². The molecule has 2 rings (SSSR count). The first-order valence-electron chi connectivity index (χ1n) is 9.01. The Kier molecular flexibility index (Phi) is 5.48. The van der Waals surface area contributed by atoms with Crippen molar-refractivity contribution in [2.45, 2.75) is 60.3 Å². The molecule has 0 unspecified atom stereocenters. The van der Waals surface area contributed by atoms with Crippen molar-refractivity contribution in [3.8, 4) is 5.75 Å². The van der Waals surface area contributed by atoms with Crippen LogP contribution in [0.1, 0.15) is 71.6 Å². The van der Waals surface area contributed by atoms with Gasteiger partial charge in [-0.1, -0.05) is 40.7 Å². The fraction of sp³-hybridized carbons (Fsp3) is 0.545. The maximum Gasteiger partial charge on any atom is 0.129 e. The van der Waals surface area contributed by atoms with Crippen LogP contribution >= 0.6 is 0 Å². The summed E-state index contributed by atoms with van der Waals surface area (Å²) >= 11 is 0. The Hall–Kier alpha value is -1.61. The van der Waals surface area contributed by atoms with Crippen LogP contribution in [0, 0.1) is 5.41 Å². The third-order valence-electron chi connectivity index (χ3n) is 5.01. The summed E-state index contributed by atoms with van der Waals surface area (Å²) in [6.45, 7) is 14.6. The van der Waals surface area contributed by atoms with E-state index in [1.54, 1.807) is 6.92 Å². The normalized spacial score (nSPS) is 17.6. The molecule has 0 saturated carbocycles. The first-order chi connectivity index (χ1) is 11.5. The SMILES string of the molecule is CCOc1cc2c(cc1C(C)=C(F)CO)C(C(C)(C)C)=CCC2(C)C. The molecule has 1 aromatic rings. The number of benzene rings is 1. The number of hydrogen-bond donors (Lipinski definition) is 1. The minimum absolute atomic E-state index is 0.00159. The molecular formula is C22H31FO2. The van der Waals surface area contributed by atoms with Gasteiger partial charge in [0, 0.05) is 5.56 Å². The summed E-state index contributed by atoms with van der Waals surface area (Å²) in [6, 6.07) is 4.12. The second-order valence-corrected chi connectivity index (χ2v) is 8.47. The van der Waals surface area contributed by atoms with Crippen molar-refractivity contribution in [1.82, 2.24) is 0 Å². The zero-order valence-electron chi connectivity index (χ0n) is 16.6. The lowest BCUT2D eigenvalue weighted by Gasteiger charge is -2.37. The van der Waals surface area contributed by atoms with Crippen molar-refractivity contribution < 1.29 is 14.2 Å². The van der Waals surface area contributed by atoms with E-state index in [0.717, 1.165) is 17.5 Å². The molecule has 0 atom stereocenters. The zero-order valence-corrected chi connectivity index (χ0v) is 16.6. The fourth-order valence-corrected chi connectivity index (χ4v) is 3.48. The maximum atomic E-state index is 14.1. The quantitative estimate of drug-likeness (QED) is 0.736. The minimum Gasteiger partial charge on any atom is -0.493 e. The molecule has 1 aliphatic carbocycles. The van der Waals surface area contributed by atoms with Gasteiger partial charge in [0.2, 0.25) is 0 Å². The number of fused-ring (bicyclic) bond motifs is 1. The molecule has 138 valence electrons. The van der Waals surface area contributed by atoms with Gasteiger partial charge in [-0.05, 0) is 65.5 Å². The number of aliphatic hydroxyl groups is 1. The number of ether oxygens (including phenoxy) is 1. The monoisotopic (exact) mass is 346 g/mol. The van der Waals surface area contributed by atoms with Crippen LogP contribution < -0.4 is 4.74 Å². The van der Waals surface area contributed by atoms with Gasteiger partial charge >= 0.3 is 0 Å². The van der Waals surface area contributed by atoms with Gasteiger partial charge in [0.25, 0.3) is 0 Å². The molecule has 0 heterocycles. The lowest BCUT2D eigenvalue weighted by atomic mass is 9.67. The second kappa shape index (κ2) is 6.95. The van der Waals surface area contributed by atoms with Crippen LogP contribution in [0.4, 0.5) is 4.39 Å². The summed E-state index contributed by atoms with van der Waals surface area (Å²) in [7, 11) is 0. The molecule has 2 nitrogen and oxygen atoms in total. The average Bonchev–Trinajstić information content (AvgIpc) is 2.52. The smallest absolute Gasteiger partial charge is 0.129 e. The van der Waals surface area contributed by atoms with Gasteiger partial charge in [-0.15, -0.1) is 0 Å². The molecule has 0 spiro atoms. The van der Waals surface area contributed by atoms with Crippen molar-refractivity contribution in [2.24, 2.45) is 5.41 Å². The predicted molar refractivity (Wildman–Crippen MR) is 103 cm³/mol. The molecule has 0 amide bonds. The average molecular weight is 346 g/mol. The lowest BCUT2D eigenvalue weighted by Crippen LogP contribution is -2.25. The van der Waals surface area contributed by atoms with E-state index in [-0.39, 0.29) is 10.8 Å². The van der Waals surface area contributed by atoms with E-state index in [1.165, 1.54) is 11.1 Å². The summed E-state index contributed by atoms with van der Waals surface area (Å²) in [4.78, 5) is 0. The van der Waals surface area contributed by atoms with Crippen LogP contribution in [0.25, 0.3) is 11.1 Å². The minimum atomic E-state index is -0.595. The Morgan fingerprint density at radius 3 is 2.44 bits per heavy atom. The highest BCUT2D eigenvalue weighted by Crippen LogP contribution is 2.48.